The number of likely N-dealkylation sites (N-methyl/N-ethyl adjacent to an activating group) is 1. The number of morpholine rings is 1. The average Bonchev–Trinajstić information content (AvgIpc) is 2.37. The molecular weight excluding hydrogens is 266 g/mol. The molecule has 0 spiro atoms. The normalized spacial score (nSPS) is 36.1. The number of hydrogen-bond donors (Lipinski definition) is 1. The van der Waals surface area contributed by atoms with Crippen molar-refractivity contribution in [3.8, 4) is 0 Å². The van der Waals surface area contributed by atoms with Gasteiger partial charge in [-0.1, -0.05) is 6.42 Å². The highest BCUT2D eigenvalue weighted by atomic mass is 32.2. The first-order valence-electron chi connectivity index (χ1n) is 7.05. The van der Waals surface area contributed by atoms with E-state index in [2.05, 4.69) is 4.90 Å². The van der Waals surface area contributed by atoms with Crippen molar-refractivity contribution < 1.29 is 18.3 Å². The number of ether oxygens (including phenoxy) is 1. The Hall–Kier alpha value is -0.170. The Bertz CT molecular complexity index is 397. The Kier molecular flexibility index (Phi) is 4.87. The predicted octanol–water partition coefficient (Wildman–Crippen LogP) is 0.281. The highest BCUT2D eigenvalue weighted by Gasteiger charge is 2.37. The Labute approximate surface area is 115 Å². The minimum absolute atomic E-state index is 0.0463. The van der Waals surface area contributed by atoms with E-state index in [9.17, 15) is 13.5 Å². The monoisotopic (exact) mass is 291 g/mol. The smallest absolute Gasteiger partial charge is 0.150 e. The zero-order chi connectivity index (χ0) is 14.0. The molecule has 2 rings (SSSR count). The fourth-order valence-electron chi connectivity index (χ4n) is 3.20. The third-order valence-electron chi connectivity index (χ3n) is 4.43. The Balaban J connectivity index is 1.96. The van der Waals surface area contributed by atoms with E-state index in [-0.39, 0.29) is 17.3 Å². The summed E-state index contributed by atoms with van der Waals surface area (Å²) in [6.45, 7) is 2.25. The maximum atomic E-state index is 11.7. The minimum Gasteiger partial charge on any atom is -0.390 e. The Morgan fingerprint density at radius 2 is 2.11 bits per heavy atom. The van der Waals surface area contributed by atoms with Crippen LogP contribution in [0.15, 0.2) is 0 Å². The van der Waals surface area contributed by atoms with Crippen LogP contribution in [0.2, 0.25) is 0 Å². The molecule has 19 heavy (non-hydrogen) atoms. The van der Waals surface area contributed by atoms with Gasteiger partial charge in [0, 0.05) is 19.3 Å². The molecule has 0 radical (unpaired) electrons. The summed E-state index contributed by atoms with van der Waals surface area (Å²) >= 11 is 0. The van der Waals surface area contributed by atoms with Crippen LogP contribution in [0.1, 0.15) is 25.7 Å². The molecule has 0 amide bonds. The van der Waals surface area contributed by atoms with E-state index in [4.69, 9.17) is 4.74 Å². The van der Waals surface area contributed by atoms with Crippen LogP contribution in [0.25, 0.3) is 0 Å². The lowest BCUT2D eigenvalue weighted by Gasteiger charge is -2.38. The molecule has 0 aromatic rings. The van der Waals surface area contributed by atoms with Crippen molar-refractivity contribution in [1.29, 1.82) is 0 Å². The first-order chi connectivity index (χ1) is 8.88. The van der Waals surface area contributed by atoms with Crippen LogP contribution >= 0.6 is 0 Å². The van der Waals surface area contributed by atoms with Gasteiger partial charge < -0.3 is 14.7 Å². The van der Waals surface area contributed by atoms with Crippen molar-refractivity contribution in [1.82, 2.24) is 4.90 Å². The molecule has 112 valence electrons. The van der Waals surface area contributed by atoms with Gasteiger partial charge in [-0.15, -0.1) is 0 Å². The second-order valence-electron chi connectivity index (χ2n) is 6.04. The molecule has 2 fully saturated rings. The first kappa shape index (κ1) is 15.2. The van der Waals surface area contributed by atoms with E-state index >= 15 is 0 Å². The van der Waals surface area contributed by atoms with E-state index < -0.39 is 15.9 Å². The fourth-order valence-corrected chi connectivity index (χ4v) is 4.39. The zero-order valence-corrected chi connectivity index (χ0v) is 12.6. The molecule has 1 saturated heterocycles. The number of rotatable bonds is 3. The highest BCUT2D eigenvalue weighted by molar-refractivity contribution is 7.91. The van der Waals surface area contributed by atoms with E-state index in [0.717, 1.165) is 32.4 Å². The summed E-state index contributed by atoms with van der Waals surface area (Å²) in [4.78, 5) is 2.15. The molecule has 5 nitrogen and oxygen atoms in total. The lowest BCUT2D eigenvalue weighted by atomic mass is 9.82. The number of aliphatic hydroxyl groups is 1. The summed E-state index contributed by atoms with van der Waals surface area (Å²) < 4.78 is 29.0. The molecule has 1 saturated carbocycles. The largest absolute Gasteiger partial charge is 0.390 e. The number of nitrogens with zero attached hydrogens (tertiary/aromatic N) is 1. The lowest BCUT2D eigenvalue weighted by molar-refractivity contribution is -0.105. The van der Waals surface area contributed by atoms with Gasteiger partial charge in [-0.05, 0) is 32.2 Å². The molecule has 6 heteroatoms. The first-order valence-corrected chi connectivity index (χ1v) is 9.00. The van der Waals surface area contributed by atoms with Gasteiger partial charge >= 0.3 is 0 Å². The van der Waals surface area contributed by atoms with Gasteiger partial charge in [-0.3, -0.25) is 0 Å². The maximum absolute atomic E-state index is 11.7. The molecule has 1 heterocycles. The summed E-state index contributed by atoms with van der Waals surface area (Å²) in [7, 11) is -0.980. The van der Waals surface area contributed by atoms with Crippen LogP contribution in [0.3, 0.4) is 0 Å². The topological polar surface area (TPSA) is 66.8 Å². The van der Waals surface area contributed by atoms with Gasteiger partial charge in [-0.2, -0.15) is 0 Å². The maximum Gasteiger partial charge on any atom is 0.150 e. The van der Waals surface area contributed by atoms with E-state index in [1.54, 1.807) is 0 Å². The average molecular weight is 291 g/mol. The number of sulfone groups is 1. The molecule has 0 aromatic heterocycles. The minimum atomic E-state index is -3.00. The van der Waals surface area contributed by atoms with Crippen LogP contribution in [-0.4, -0.2) is 68.9 Å². The summed E-state index contributed by atoms with van der Waals surface area (Å²) in [6, 6.07) is 0. The van der Waals surface area contributed by atoms with E-state index in [1.807, 2.05) is 7.05 Å². The van der Waals surface area contributed by atoms with Crippen LogP contribution in [0.4, 0.5) is 0 Å². The SMILES string of the molecule is CN1CCOC(C(O)C2CCCC(S(C)(=O)=O)C2)C1. The molecule has 4 unspecified atom stereocenters. The molecular formula is C13H25NO4S. The molecule has 1 N–H and O–H groups in total. The zero-order valence-electron chi connectivity index (χ0n) is 11.8. The van der Waals surface area contributed by atoms with Crippen molar-refractivity contribution in [2.75, 3.05) is 33.0 Å². The second kappa shape index (κ2) is 6.08. The van der Waals surface area contributed by atoms with Gasteiger partial charge in [0.05, 0.1) is 24.1 Å². The molecule has 1 aliphatic heterocycles. The van der Waals surface area contributed by atoms with Crippen molar-refractivity contribution in [2.45, 2.75) is 43.1 Å². The van der Waals surface area contributed by atoms with Crippen molar-refractivity contribution >= 4 is 9.84 Å². The summed E-state index contributed by atoms with van der Waals surface area (Å²) in [5, 5.41) is 10.2. The third-order valence-corrected chi connectivity index (χ3v) is 6.07. The molecule has 4 atom stereocenters. The molecule has 2 aliphatic rings. The standard InChI is InChI=1S/C13H25NO4S/c1-14-6-7-18-12(9-14)13(15)10-4-3-5-11(8-10)19(2,16)17/h10-13,15H,3-9H2,1-2H3. The van der Waals surface area contributed by atoms with Gasteiger partial charge in [0.15, 0.2) is 0 Å². The Morgan fingerprint density at radius 3 is 2.74 bits per heavy atom. The third kappa shape index (κ3) is 3.90. The van der Waals surface area contributed by atoms with Crippen LogP contribution in [0, 0.1) is 5.92 Å². The molecule has 1 aliphatic carbocycles. The second-order valence-corrected chi connectivity index (χ2v) is 8.37. The summed E-state index contributed by atoms with van der Waals surface area (Å²) in [6.07, 6.45) is 3.65. The number of hydrogen-bond acceptors (Lipinski definition) is 5. The fraction of sp³-hybridized carbons (Fsp3) is 1.00. The van der Waals surface area contributed by atoms with Gasteiger partial charge in [0.25, 0.3) is 0 Å². The van der Waals surface area contributed by atoms with Crippen molar-refractivity contribution in [3.05, 3.63) is 0 Å². The Morgan fingerprint density at radius 1 is 1.37 bits per heavy atom. The summed E-state index contributed by atoms with van der Waals surface area (Å²) in [5.41, 5.74) is 0. The molecule has 0 aromatic carbocycles. The molecule has 0 bridgehead atoms. The number of aliphatic hydroxyl groups excluding tert-OH is 1. The van der Waals surface area contributed by atoms with Crippen molar-refractivity contribution in [2.24, 2.45) is 5.92 Å². The quantitative estimate of drug-likeness (QED) is 0.809. The van der Waals surface area contributed by atoms with Gasteiger partial charge in [-0.25, -0.2) is 8.42 Å². The van der Waals surface area contributed by atoms with Gasteiger partial charge in [0.2, 0.25) is 0 Å². The van der Waals surface area contributed by atoms with E-state index in [1.165, 1.54) is 6.26 Å². The van der Waals surface area contributed by atoms with Crippen LogP contribution in [0.5, 0.6) is 0 Å². The summed E-state index contributed by atoms with van der Waals surface area (Å²) in [5.74, 6) is 0.0463. The van der Waals surface area contributed by atoms with Crippen LogP contribution in [-0.2, 0) is 14.6 Å². The predicted molar refractivity (Wildman–Crippen MR) is 73.8 cm³/mol. The van der Waals surface area contributed by atoms with Gasteiger partial charge in [0.1, 0.15) is 9.84 Å². The van der Waals surface area contributed by atoms with Crippen LogP contribution < -0.4 is 0 Å². The highest BCUT2D eigenvalue weighted by Crippen LogP contribution is 2.32. The van der Waals surface area contributed by atoms with Crippen molar-refractivity contribution in [3.63, 3.8) is 0 Å². The van der Waals surface area contributed by atoms with E-state index in [0.29, 0.717) is 13.0 Å². The lowest BCUT2D eigenvalue weighted by Crippen LogP contribution is -2.49.